The molecule has 0 radical (unpaired) electrons. The second kappa shape index (κ2) is 9.98. The van der Waals surface area contributed by atoms with Gasteiger partial charge in [0.15, 0.2) is 0 Å². The van der Waals surface area contributed by atoms with Crippen molar-refractivity contribution in [2.24, 2.45) is 5.92 Å². The molecule has 0 bridgehead atoms. The Morgan fingerprint density at radius 1 is 1.24 bits per heavy atom. The molecule has 1 aliphatic rings. The summed E-state index contributed by atoms with van der Waals surface area (Å²) in [6, 6.07) is 8.86. The number of ether oxygens (including phenoxy) is 1. The van der Waals surface area contributed by atoms with Gasteiger partial charge in [-0.15, -0.1) is 0 Å². The van der Waals surface area contributed by atoms with E-state index in [1.54, 1.807) is 12.1 Å². The predicted molar refractivity (Wildman–Crippen MR) is 125 cm³/mol. The number of rotatable bonds is 8. The Bertz CT molecular complexity index is 1300. The fraction of sp³-hybridized carbons (Fsp3) is 0.346. The number of carbonyl (C=O) groups is 2. The van der Waals surface area contributed by atoms with E-state index in [2.05, 4.69) is 34.4 Å². The predicted octanol–water partition coefficient (Wildman–Crippen LogP) is 2.99. The highest BCUT2D eigenvalue weighted by molar-refractivity contribution is 5.97. The molecule has 172 valence electrons. The van der Waals surface area contributed by atoms with Gasteiger partial charge in [0.2, 0.25) is 0 Å². The molecule has 2 atom stereocenters. The van der Waals surface area contributed by atoms with Crippen molar-refractivity contribution in [3.05, 3.63) is 64.0 Å². The first-order valence-electron chi connectivity index (χ1n) is 11.4. The van der Waals surface area contributed by atoms with Crippen molar-refractivity contribution in [2.45, 2.75) is 45.6 Å². The standard InChI is InChI=1S/C26H28FN3O3/c1-3-4-11-33-26(32)23(15-24-28-21-10-9-20(27)14-22(21)29-24)30-25(31)19-8-7-17-12-16(2)5-6-18(17)13-19/h6-10,12-14,16,23H,3-5,11,15H2,1-2H3,(H,28,29)(H,30,31)/t16?,23-/m1/s1. The summed E-state index contributed by atoms with van der Waals surface area (Å²) in [5, 5.41) is 4.93. The summed E-state index contributed by atoms with van der Waals surface area (Å²) >= 11 is 0. The van der Waals surface area contributed by atoms with Gasteiger partial charge < -0.3 is 15.0 Å². The maximum Gasteiger partial charge on any atom is 0.329 e. The van der Waals surface area contributed by atoms with Gasteiger partial charge in [0.05, 0.1) is 17.6 Å². The third kappa shape index (κ3) is 5.48. The minimum Gasteiger partial charge on any atom is -0.464 e. The first kappa shape index (κ1) is 22.7. The number of carbonyl (C=O) groups excluding carboxylic acids is 2. The second-order valence-corrected chi connectivity index (χ2v) is 8.52. The van der Waals surface area contributed by atoms with Crippen LogP contribution in [0.3, 0.4) is 0 Å². The van der Waals surface area contributed by atoms with Gasteiger partial charge in [0, 0.05) is 12.0 Å². The van der Waals surface area contributed by atoms with E-state index in [1.165, 1.54) is 12.1 Å². The van der Waals surface area contributed by atoms with E-state index in [0.717, 1.165) is 29.7 Å². The minimum atomic E-state index is -0.925. The molecule has 2 aromatic carbocycles. The lowest BCUT2D eigenvalue weighted by molar-refractivity contribution is -0.146. The number of esters is 1. The molecule has 1 amide bonds. The summed E-state index contributed by atoms with van der Waals surface area (Å²) in [7, 11) is 0. The summed E-state index contributed by atoms with van der Waals surface area (Å²) in [6.07, 6.45) is 6.98. The lowest BCUT2D eigenvalue weighted by Crippen LogP contribution is -2.44. The molecule has 0 saturated carbocycles. The average Bonchev–Trinajstić information content (AvgIpc) is 3.19. The van der Waals surface area contributed by atoms with Crippen molar-refractivity contribution in [3.63, 3.8) is 0 Å². The third-order valence-corrected chi connectivity index (χ3v) is 5.75. The number of amides is 1. The fourth-order valence-electron chi connectivity index (χ4n) is 3.91. The van der Waals surface area contributed by atoms with E-state index in [0.29, 0.717) is 28.3 Å². The summed E-state index contributed by atoms with van der Waals surface area (Å²) in [6.45, 7) is 4.45. The molecule has 0 fully saturated rings. The molecule has 4 rings (SSSR count). The van der Waals surface area contributed by atoms with Crippen LogP contribution in [0.25, 0.3) is 23.2 Å². The van der Waals surface area contributed by atoms with E-state index >= 15 is 0 Å². The summed E-state index contributed by atoms with van der Waals surface area (Å²) in [5.74, 6) is -0.315. The molecule has 1 heterocycles. The van der Waals surface area contributed by atoms with E-state index < -0.39 is 12.0 Å². The average molecular weight is 450 g/mol. The molecule has 0 saturated heterocycles. The van der Waals surface area contributed by atoms with Gasteiger partial charge in [-0.3, -0.25) is 4.79 Å². The van der Waals surface area contributed by atoms with Gasteiger partial charge in [-0.2, -0.15) is 0 Å². The quantitative estimate of drug-likeness (QED) is 0.409. The van der Waals surface area contributed by atoms with Crippen molar-refractivity contribution in [1.29, 1.82) is 0 Å². The van der Waals surface area contributed by atoms with E-state index in [4.69, 9.17) is 4.74 Å². The monoisotopic (exact) mass is 449 g/mol. The number of halogens is 1. The number of benzene rings is 2. The van der Waals surface area contributed by atoms with Crippen molar-refractivity contribution in [3.8, 4) is 0 Å². The second-order valence-electron chi connectivity index (χ2n) is 8.52. The van der Waals surface area contributed by atoms with E-state index in [9.17, 15) is 14.0 Å². The van der Waals surface area contributed by atoms with Crippen LogP contribution in [0.5, 0.6) is 0 Å². The first-order valence-corrected chi connectivity index (χ1v) is 11.4. The Hall–Kier alpha value is -3.48. The molecule has 0 spiro atoms. The smallest absolute Gasteiger partial charge is 0.329 e. The highest BCUT2D eigenvalue weighted by Gasteiger charge is 2.25. The molecule has 2 N–H and O–H groups in total. The van der Waals surface area contributed by atoms with Crippen molar-refractivity contribution in [1.82, 2.24) is 15.3 Å². The van der Waals surface area contributed by atoms with Crippen LogP contribution in [0.15, 0.2) is 36.4 Å². The topological polar surface area (TPSA) is 84.1 Å². The van der Waals surface area contributed by atoms with Crippen LogP contribution in [0, 0.1) is 11.7 Å². The number of hydrogen-bond acceptors (Lipinski definition) is 4. The number of fused-ring (bicyclic) bond motifs is 2. The zero-order chi connectivity index (χ0) is 23.4. The number of unbranched alkanes of at least 4 members (excludes halogenated alkanes) is 1. The van der Waals surface area contributed by atoms with Crippen molar-refractivity contribution < 1.29 is 18.7 Å². The van der Waals surface area contributed by atoms with Gasteiger partial charge in [0.25, 0.3) is 5.91 Å². The zero-order valence-electron chi connectivity index (χ0n) is 18.9. The van der Waals surface area contributed by atoms with Crippen LogP contribution in [0.1, 0.15) is 49.3 Å². The number of aromatic nitrogens is 2. The molecule has 33 heavy (non-hydrogen) atoms. The normalized spacial score (nSPS) is 15.8. The highest BCUT2D eigenvalue weighted by atomic mass is 19.1. The molecule has 1 unspecified atom stereocenters. The van der Waals surface area contributed by atoms with Crippen molar-refractivity contribution in [2.75, 3.05) is 6.61 Å². The van der Waals surface area contributed by atoms with Gasteiger partial charge >= 0.3 is 5.97 Å². The molecule has 0 aliphatic heterocycles. The molecular weight excluding hydrogens is 421 g/mol. The van der Waals surface area contributed by atoms with Gasteiger partial charge in [-0.05, 0) is 59.5 Å². The van der Waals surface area contributed by atoms with E-state index in [-0.39, 0.29) is 24.8 Å². The van der Waals surface area contributed by atoms with Crippen LogP contribution >= 0.6 is 0 Å². The lowest BCUT2D eigenvalue weighted by atomic mass is 9.98. The summed E-state index contributed by atoms with van der Waals surface area (Å²) in [4.78, 5) is 33.3. The number of imidazole rings is 1. The Morgan fingerprint density at radius 2 is 2.09 bits per heavy atom. The maximum absolute atomic E-state index is 13.5. The van der Waals surface area contributed by atoms with Gasteiger partial charge in [-0.25, -0.2) is 14.2 Å². The number of hydrogen-bond donors (Lipinski definition) is 2. The Kier molecular flexibility index (Phi) is 6.87. The molecule has 1 aromatic heterocycles. The van der Waals surface area contributed by atoms with Gasteiger partial charge in [0.1, 0.15) is 17.7 Å². The maximum atomic E-state index is 13.5. The van der Waals surface area contributed by atoms with Crippen LogP contribution in [-0.2, 0) is 16.0 Å². The third-order valence-electron chi connectivity index (χ3n) is 5.75. The number of aromatic amines is 1. The molecule has 7 heteroatoms. The lowest BCUT2D eigenvalue weighted by Gasteiger charge is -2.17. The van der Waals surface area contributed by atoms with Crippen molar-refractivity contribution >= 4 is 35.1 Å². The molecular formula is C26H28FN3O3. The fourth-order valence-corrected chi connectivity index (χ4v) is 3.91. The number of H-pyrrole nitrogens is 1. The Balaban J connectivity index is 1.55. The highest BCUT2D eigenvalue weighted by Crippen LogP contribution is 2.14. The minimum absolute atomic E-state index is 0.107. The number of nitrogens with one attached hydrogen (secondary N) is 2. The van der Waals surface area contributed by atoms with Crippen LogP contribution < -0.4 is 15.8 Å². The first-order chi connectivity index (χ1) is 15.9. The molecule has 1 aliphatic carbocycles. The largest absolute Gasteiger partial charge is 0.464 e. The van der Waals surface area contributed by atoms with Crippen LogP contribution in [0.4, 0.5) is 4.39 Å². The molecule has 6 nitrogen and oxygen atoms in total. The SMILES string of the molecule is CCCCOC(=O)[C@@H](Cc1nc2ccc(F)cc2[nH]1)NC(=O)c1ccc2c(c1)=CCC(C)C=2. The van der Waals surface area contributed by atoms with Crippen LogP contribution in [-0.4, -0.2) is 34.5 Å². The Morgan fingerprint density at radius 3 is 2.91 bits per heavy atom. The van der Waals surface area contributed by atoms with Gasteiger partial charge in [-0.1, -0.05) is 38.5 Å². The zero-order valence-corrected chi connectivity index (χ0v) is 18.9. The van der Waals surface area contributed by atoms with Crippen LogP contribution in [0.2, 0.25) is 0 Å². The molecule has 3 aromatic rings. The summed E-state index contributed by atoms with van der Waals surface area (Å²) in [5.41, 5.74) is 1.60. The van der Waals surface area contributed by atoms with E-state index in [1.807, 2.05) is 19.1 Å². The Labute approximate surface area is 191 Å². The summed E-state index contributed by atoms with van der Waals surface area (Å²) < 4.78 is 18.9. The number of nitrogens with zero attached hydrogens (tertiary/aromatic N) is 1.